The molecule has 0 aliphatic carbocycles. The summed E-state index contributed by atoms with van der Waals surface area (Å²) in [6.07, 6.45) is 1.59. The Kier molecular flexibility index (Phi) is 6.45. The Labute approximate surface area is 169 Å². The average molecular weight is 418 g/mol. The fourth-order valence-electron chi connectivity index (χ4n) is 2.84. The molecule has 1 fully saturated rings. The van der Waals surface area contributed by atoms with Gasteiger partial charge in [-0.25, -0.2) is 13.4 Å². The molecule has 2 amide bonds. The predicted octanol–water partition coefficient (Wildman–Crippen LogP) is 0.531. The molecule has 10 heteroatoms. The number of benzene rings is 1. The molecule has 154 valence electrons. The maximum absolute atomic E-state index is 12.8. The number of hydrogen-bond acceptors (Lipinski definition) is 6. The molecular formula is C19H22N4O5S. The lowest BCUT2D eigenvalue weighted by molar-refractivity contribution is -0.122. The highest BCUT2D eigenvalue weighted by atomic mass is 32.2. The molecule has 9 nitrogen and oxygen atoms in total. The van der Waals surface area contributed by atoms with Gasteiger partial charge in [-0.1, -0.05) is 6.07 Å². The summed E-state index contributed by atoms with van der Waals surface area (Å²) in [5.41, 5.74) is 1.02. The van der Waals surface area contributed by atoms with E-state index in [4.69, 9.17) is 4.74 Å². The lowest BCUT2D eigenvalue weighted by Crippen LogP contribution is -2.49. The molecule has 1 aromatic carbocycles. The standard InChI is InChI=1S/C19H22N4O5S/c1-2-28-18-10-14(6-7-21-18)12-22-19(25)15-4-3-5-16(11-15)29(26,27)23-9-8-20-17(24)13-23/h3-7,10-11H,2,8-9,12-13H2,1H3,(H,20,24)(H,22,25). The van der Waals surface area contributed by atoms with E-state index in [2.05, 4.69) is 15.6 Å². The first-order chi connectivity index (χ1) is 13.9. The van der Waals surface area contributed by atoms with Crippen LogP contribution in [0.2, 0.25) is 0 Å². The number of piperazine rings is 1. The number of amides is 2. The normalized spacial score (nSPS) is 14.9. The Morgan fingerprint density at radius 1 is 1.31 bits per heavy atom. The number of carbonyl (C=O) groups excluding carboxylic acids is 2. The molecular weight excluding hydrogens is 396 g/mol. The molecule has 0 bridgehead atoms. The van der Waals surface area contributed by atoms with Crippen LogP contribution in [0.5, 0.6) is 5.88 Å². The van der Waals surface area contributed by atoms with Crippen LogP contribution in [0, 0.1) is 0 Å². The molecule has 0 saturated carbocycles. The second kappa shape index (κ2) is 9.01. The van der Waals surface area contributed by atoms with E-state index in [1.54, 1.807) is 18.3 Å². The number of ether oxygens (including phenoxy) is 1. The number of nitrogens with zero attached hydrogens (tertiary/aromatic N) is 2. The molecule has 1 aliphatic rings. The first-order valence-corrected chi connectivity index (χ1v) is 10.6. The quantitative estimate of drug-likeness (QED) is 0.677. The van der Waals surface area contributed by atoms with E-state index in [9.17, 15) is 18.0 Å². The highest BCUT2D eigenvalue weighted by Gasteiger charge is 2.29. The summed E-state index contributed by atoms with van der Waals surface area (Å²) in [5.74, 6) is -0.288. The number of nitrogens with one attached hydrogen (secondary N) is 2. The molecule has 2 heterocycles. The Morgan fingerprint density at radius 3 is 2.90 bits per heavy atom. The van der Waals surface area contributed by atoms with E-state index in [0.717, 1.165) is 9.87 Å². The van der Waals surface area contributed by atoms with Gasteiger partial charge >= 0.3 is 0 Å². The Balaban J connectivity index is 1.71. The minimum Gasteiger partial charge on any atom is -0.478 e. The second-order valence-electron chi connectivity index (χ2n) is 6.33. The Morgan fingerprint density at radius 2 is 2.14 bits per heavy atom. The zero-order valence-corrected chi connectivity index (χ0v) is 16.7. The molecule has 29 heavy (non-hydrogen) atoms. The summed E-state index contributed by atoms with van der Waals surface area (Å²) in [4.78, 5) is 28.1. The maximum atomic E-state index is 12.8. The SMILES string of the molecule is CCOc1cc(CNC(=O)c2cccc(S(=O)(=O)N3CCNC(=O)C3)c2)ccn1. The topological polar surface area (TPSA) is 118 Å². The number of hydrogen-bond donors (Lipinski definition) is 2. The van der Waals surface area contributed by atoms with Gasteiger partial charge in [-0.05, 0) is 36.8 Å². The minimum absolute atomic E-state index is 0.0256. The van der Waals surface area contributed by atoms with Crippen molar-refractivity contribution in [2.45, 2.75) is 18.4 Å². The molecule has 1 saturated heterocycles. The molecule has 0 spiro atoms. The van der Waals surface area contributed by atoms with Gasteiger partial charge in [0.25, 0.3) is 5.91 Å². The van der Waals surface area contributed by atoms with Crippen LogP contribution in [-0.4, -0.2) is 55.8 Å². The van der Waals surface area contributed by atoms with Gasteiger partial charge in [-0.3, -0.25) is 9.59 Å². The van der Waals surface area contributed by atoms with E-state index in [0.29, 0.717) is 12.5 Å². The van der Waals surface area contributed by atoms with E-state index < -0.39 is 15.9 Å². The van der Waals surface area contributed by atoms with Crippen LogP contribution in [0.3, 0.4) is 0 Å². The van der Waals surface area contributed by atoms with Gasteiger partial charge in [0.05, 0.1) is 18.0 Å². The molecule has 1 aliphatic heterocycles. The lowest BCUT2D eigenvalue weighted by Gasteiger charge is -2.26. The van der Waals surface area contributed by atoms with Gasteiger partial charge < -0.3 is 15.4 Å². The summed E-state index contributed by atoms with van der Waals surface area (Å²) in [5, 5.41) is 5.34. The van der Waals surface area contributed by atoms with Crippen LogP contribution in [0.25, 0.3) is 0 Å². The van der Waals surface area contributed by atoms with Crippen molar-refractivity contribution in [1.29, 1.82) is 0 Å². The van der Waals surface area contributed by atoms with Crippen molar-refractivity contribution < 1.29 is 22.7 Å². The number of aromatic nitrogens is 1. The zero-order chi connectivity index (χ0) is 20.9. The Bertz CT molecular complexity index is 1010. The maximum Gasteiger partial charge on any atom is 0.251 e. The van der Waals surface area contributed by atoms with Crippen LogP contribution >= 0.6 is 0 Å². The van der Waals surface area contributed by atoms with E-state index in [1.165, 1.54) is 24.3 Å². The largest absolute Gasteiger partial charge is 0.478 e. The van der Waals surface area contributed by atoms with Gasteiger partial charge in [-0.2, -0.15) is 4.31 Å². The first-order valence-electron chi connectivity index (χ1n) is 9.13. The van der Waals surface area contributed by atoms with Crippen molar-refractivity contribution in [3.63, 3.8) is 0 Å². The van der Waals surface area contributed by atoms with Crippen LogP contribution in [0.15, 0.2) is 47.5 Å². The number of carbonyl (C=O) groups is 2. The second-order valence-corrected chi connectivity index (χ2v) is 8.27. The summed E-state index contributed by atoms with van der Waals surface area (Å²) >= 11 is 0. The molecule has 1 aromatic heterocycles. The molecule has 2 aromatic rings. The van der Waals surface area contributed by atoms with Crippen LogP contribution in [-0.2, 0) is 21.4 Å². The summed E-state index contributed by atoms with van der Waals surface area (Å²) in [6.45, 7) is 2.80. The molecule has 3 rings (SSSR count). The average Bonchev–Trinajstić information content (AvgIpc) is 2.72. The van der Waals surface area contributed by atoms with Crippen molar-refractivity contribution in [3.05, 3.63) is 53.7 Å². The van der Waals surface area contributed by atoms with Gasteiger partial charge in [0.1, 0.15) is 0 Å². The van der Waals surface area contributed by atoms with Crippen molar-refractivity contribution in [2.75, 3.05) is 26.2 Å². The number of sulfonamides is 1. The van der Waals surface area contributed by atoms with E-state index in [1.807, 2.05) is 6.92 Å². The number of rotatable bonds is 7. The highest BCUT2D eigenvalue weighted by Crippen LogP contribution is 2.18. The number of pyridine rings is 1. The molecule has 2 N–H and O–H groups in total. The molecule has 0 atom stereocenters. The monoisotopic (exact) mass is 418 g/mol. The van der Waals surface area contributed by atoms with Crippen LogP contribution < -0.4 is 15.4 Å². The van der Waals surface area contributed by atoms with Crippen molar-refractivity contribution in [2.24, 2.45) is 0 Å². The fraction of sp³-hybridized carbons (Fsp3) is 0.316. The Hall–Kier alpha value is -2.98. The van der Waals surface area contributed by atoms with Crippen molar-refractivity contribution >= 4 is 21.8 Å². The minimum atomic E-state index is -3.86. The summed E-state index contributed by atoms with van der Waals surface area (Å²) in [7, 11) is -3.86. The summed E-state index contributed by atoms with van der Waals surface area (Å²) in [6, 6.07) is 9.25. The first kappa shape index (κ1) is 20.7. The summed E-state index contributed by atoms with van der Waals surface area (Å²) < 4.78 is 32.0. The zero-order valence-electron chi connectivity index (χ0n) is 15.9. The fourth-order valence-corrected chi connectivity index (χ4v) is 4.28. The van der Waals surface area contributed by atoms with E-state index in [-0.39, 0.29) is 42.5 Å². The van der Waals surface area contributed by atoms with Gasteiger partial charge in [0, 0.05) is 37.5 Å². The van der Waals surface area contributed by atoms with E-state index >= 15 is 0 Å². The molecule has 0 unspecified atom stereocenters. The third kappa shape index (κ3) is 5.09. The van der Waals surface area contributed by atoms with Crippen molar-refractivity contribution in [3.8, 4) is 5.88 Å². The van der Waals surface area contributed by atoms with Crippen LogP contribution in [0.4, 0.5) is 0 Å². The van der Waals surface area contributed by atoms with Crippen molar-refractivity contribution in [1.82, 2.24) is 19.9 Å². The third-order valence-electron chi connectivity index (χ3n) is 4.28. The molecule has 0 radical (unpaired) electrons. The highest BCUT2D eigenvalue weighted by molar-refractivity contribution is 7.89. The van der Waals surface area contributed by atoms with Crippen LogP contribution in [0.1, 0.15) is 22.8 Å². The smallest absolute Gasteiger partial charge is 0.251 e. The van der Waals surface area contributed by atoms with Gasteiger partial charge in [0.2, 0.25) is 21.8 Å². The van der Waals surface area contributed by atoms with Gasteiger partial charge in [0.15, 0.2) is 0 Å². The third-order valence-corrected chi connectivity index (χ3v) is 6.12. The predicted molar refractivity (Wildman–Crippen MR) is 105 cm³/mol. The van der Waals surface area contributed by atoms with Gasteiger partial charge in [-0.15, -0.1) is 0 Å². The lowest BCUT2D eigenvalue weighted by atomic mass is 10.2.